The number of nitrogens with one attached hydrogen (secondary N) is 1. The van der Waals surface area contributed by atoms with Gasteiger partial charge in [0.25, 0.3) is 0 Å². The minimum atomic E-state index is -0.894. The van der Waals surface area contributed by atoms with E-state index in [1.54, 1.807) is 11.3 Å². The SMILES string of the molecule is CCN(CCC(=O)O)C(=O)NCc1ccsc1. The number of hydrogen-bond donors (Lipinski definition) is 2. The lowest BCUT2D eigenvalue weighted by Crippen LogP contribution is -2.40. The van der Waals surface area contributed by atoms with Gasteiger partial charge in [0.1, 0.15) is 0 Å². The third kappa shape index (κ3) is 4.86. The van der Waals surface area contributed by atoms with Gasteiger partial charge >= 0.3 is 12.0 Å². The predicted molar refractivity (Wildman–Crippen MR) is 66.1 cm³/mol. The van der Waals surface area contributed by atoms with Gasteiger partial charge in [-0.1, -0.05) is 0 Å². The molecule has 6 heteroatoms. The quantitative estimate of drug-likeness (QED) is 0.814. The maximum Gasteiger partial charge on any atom is 0.317 e. The van der Waals surface area contributed by atoms with Crippen molar-refractivity contribution in [2.75, 3.05) is 13.1 Å². The van der Waals surface area contributed by atoms with Crippen LogP contribution < -0.4 is 5.32 Å². The molecule has 0 spiro atoms. The van der Waals surface area contributed by atoms with Gasteiger partial charge in [-0.05, 0) is 29.3 Å². The summed E-state index contributed by atoms with van der Waals surface area (Å²) in [5.41, 5.74) is 1.05. The van der Waals surface area contributed by atoms with Crippen LogP contribution in [-0.2, 0) is 11.3 Å². The van der Waals surface area contributed by atoms with E-state index in [0.29, 0.717) is 13.1 Å². The molecule has 1 aromatic rings. The van der Waals surface area contributed by atoms with Crippen LogP contribution in [0.3, 0.4) is 0 Å². The molecule has 0 aliphatic carbocycles. The molecule has 1 heterocycles. The molecule has 0 aromatic carbocycles. The van der Waals surface area contributed by atoms with Gasteiger partial charge in [-0.2, -0.15) is 11.3 Å². The zero-order chi connectivity index (χ0) is 12.7. The second-order valence-corrected chi connectivity index (χ2v) is 4.29. The molecule has 0 unspecified atom stereocenters. The third-order valence-corrected chi connectivity index (χ3v) is 3.02. The first-order chi connectivity index (χ1) is 8.13. The zero-order valence-corrected chi connectivity index (χ0v) is 10.5. The van der Waals surface area contributed by atoms with Crippen LogP contribution in [0.5, 0.6) is 0 Å². The summed E-state index contributed by atoms with van der Waals surface area (Å²) in [5.74, 6) is -0.894. The third-order valence-electron chi connectivity index (χ3n) is 2.29. The summed E-state index contributed by atoms with van der Waals surface area (Å²) in [6.45, 7) is 3.04. The highest BCUT2D eigenvalue weighted by molar-refractivity contribution is 7.07. The number of aliphatic carboxylic acids is 1. The Balaban J connectivity index is 2.35. The standard InChI is InChI=1S/C11H16N2O3S/c1-2-13(5-3-10(14)15)11(16)12-7-9-4-6-17-8-9/h4,6,8H,2-3,5,7H2,1H3,(H,12,16)(H,14,15). The Kier molecular flexibility index (Phi) is 5.48. The van der Waals surface area contributed by atoms with Crippen molar-refractivity contribution in [1.82, 2.24) is 10.2 Å². The van der Waals surface area contributed by atoms with Crippen LogP contribution in [-0.4, -0.2) is 35.1 Å². The Morgan fingerprint density at radius 1 is 1.53 bits per heavy atom. The van der Waals surface area contributed by atoms with Crippen LogP contribution in [0.4, 0.5) is 4.79 Å². The van der Waals surface area contributed by atoms with Crippen molar-refractivity contribution in [2.24, 2.45) is 0 Å². The van der Waals surface area contributed by atoms with E-state index < -0.39 is 5.97 Å². The molecule has 2 N–H and O–H groups in total. The van der Waals surface area contributed by atoms with Gasteiger partial charge in [0.15, 0.2) is 0 Å². The summed E-state index contributed by atoms with van der Waals surface area (Å²) in [6, 6.07) is 1.72. The molecule has 0 saturated carbocycles. The van der Waals surface area contributed by atoms with Gasteiger partial charge in [-0.15, -0.1) is 0 Å². The number of nitrogens with zero attached hydrogens (tertiary/aromatic N) is 1. The minimum absolute atomic E-state index is 0.0281. The second kappa shape index (κ2) is 6.90. The summed E-state index contributed by atoms with van der Waals surface area (Å²) in [7, 11) is 0. The zero-order valence-electron chi connectivity index (χ0n) is 9.68. The summed E-state index contributed by atoms with van der Waals surface area (Å²) >= 11 is 1.58. The lowest BCUT2D eigenvalue weighted by molar-refractivity contribution is -0.137. The number of rotatable bonds is 6. The number of carboxylic acid groups (broad SMARTS) is 1. The van der Waals surface area contributed by atoms with E-state index in [1.165, 1.54) is 4.90 Å². The summed E-state index contributed by atoms with van der Waals surface area (Å²) in [5, 5.41) is 15.2. The Morgan fingerprint density at radius 3 is 2.82 bits per heavy atom. The summed E-state index contributed by atoms with van der Waals surface area (Å²) < 4.78 is 0. The molecule has 0 atom stereocenters. The maximum atomic E-state index is 11.7. The van der Waals surface area contributed by atoms with Crippen LogP contribution in [0, 0.1) is 0 Å². The van der Waals surface area contributed by atoms with Crippen molar-refractivity contribution >= 4 is 23.3 Å². The molecule has 0 aliphatic rings. The van der Waals surface area contributed by atoms with Gasteiger partial charge in [0, 0.05) is 19.6 Å². The molecular formula is C11H16N2O3S. The van der Waals surface area contributed by atoms with E-state index in [9.17, 15) is 9.59 Å². The molecule has 1 rings (SSSR count). The molecule has 2 amide bonds. The molecule has 0 aliphatic heterocycles. The van der Waals surface area contributed by atoms with Crippen LogP contribution in [0.15, 0.2) is 16.8 Å². The van der Waals surface area contributed by atoms with E-state index >= 15 is 0 Å². The maximum absolute atomic E-state index is 11.7. The number of thiophene rings is 1. The smallest absolute Gasteiger partial charge is 0.317 e. The molecular weight excluding hydrogens is 240 g/mol. The monoisotopic (exact) mass is 256 g/mol. The van der Waals surface area contributed by atoms with E-state index in [2.05, 4.69) is 5.32 Å². The van der Waals surface area contributed by atoms with E-state index in [1.807, 2.05) is 23.8 Å². The first kappa shape index (κ1) is 13.5. The topological polar surface area (TPSA) is 69.6 Å². The van der Waals surface area contributed by atoms with E-state index in [-0.39, 0.29) is 19.0 Å². The Hall–Kier alpha value is -1.56. The van der Waals surface area contributed by atoms with Crippen LogP contribution in [0.25, 0.3) is 0 Å². The lowest BCUT2D eigenvalue weighted by Gasteiger charge is -2.20. The first-order valence-corrected chi connectivity index (χ1v) is 6.33. The van der Waals surface area contributed by atoms with Gasteiger partial charge < -0.3 is 15.3 Å². The average Bonchev–Trinajstić information content (AvgIpc) is 2.79. The number of urea groups is 1. The highest BCUT2D eigenvalue weighted by Crippen LogP contribution is 2.05. The van der Waals surface area contributed by atoms with Gasteiger partial charge in [-0.3, -0.25) is 4.79 Å². The molecule has 0 bridgehead atoms. The molecule has 94 valence electrons. The fraction of sp³-hybridized carbons (Fsp3) is 0.455. The number of hydrogen-bond acceptors (Lipinski definition) is 3. The number of carboxylic acids is 1. The number of amides is 2. The average molecular weight is 256 g/mol. The van der Waals surface area contributed by atoms with Crippen LogP contribution >= 0.6 is 11.3 Å². The van der Waals surface area contributed by atoms with Crippen LogP contribution in [0.1, 0.15) is 18.9 Å². The normalized spacial score (nSPS) is 9.94. The van der Waals surface area contributed by atoms with Crippen molar-refractivity contribution in [1.29, 1.82) is 0 Å². The van der Waals surface area contributed by atoms with Crippen molar-refractivity contribution in [3.05, 3.63) is 22.4 Å². The van der Waals surface area contributed by atoms with Crippen molar-refractivity contribution in [2.45, 2.75) is 19.9 Å². The van der Waals surface area contributed by atoms with Gasteiger partial charge in [0.2, 0.25) is 0 Å². The van der Waals surface area contributed by atoms with Crippen molar-refractivity contribution in [3.8, 4) is 0 Å². The largest absolute Gasteiger partial charge is 0.481 e. The second-order valence-electron chi connectivity index (χ2n) is 3.51. The molecule has 1 aromatic heterocycles. The fourth-order valence-electron chi connectivity index (χ4n) is 1.32. The molecule has 0 radical (unpaired) electrons. The lowest BCUT2D eigenvalue weighted by atomic mass is 10.3. The van der Waals surface area contributed by atoms with Crippen LogP contribution in [0.2, 0.25) is 0 Å². The highest BCUT2D eigenvalue weighted by atomic mass is 32.1. The number of carbonyl (C=O) groups is 2. The van der Waals surface area contributed by atoms with Crippen molar-refractivity contribution < 1.29 is 14.7 Å². The Bertz CT molecular complexity index is 365. The van der Waals surface area contributed by atoms with Crippen molar-refractivity contribution in [3.63, 3.8) is 0 Å². The summed E-state index contributed by atoms with van der Waals surface area (Å²) in [6.07, 6.45) is -0.0281. The van der Waals surface area contributed by atoms with E-state index in [4.69, 9.17) is 5.11 Å². The summed E-state index contributed by atoms with van der Waals surface area (Å²) in [4.78, 5) is 23.6. The molecule has 0 saturated heterocycles. The molecule has 0 fully saturated rings. The van der Waals surface area contributed by atoms with Gasteiger partial charge in [0.05, 0.1) is 6.42 Å². The first-order valence-electron chi connectivity index (χ1n) is 5.39. The van der Waals surface area contributed by atoms with E-state index in [0.717, 1.165) is 5.56 Å². The van der Waals surface area contributed by atoms with Gasteiger partial charge in [-0.25, -0.2) is 4.79 Å². The molecule has 17 heavy (non-hydrogen) atoms. The Morgan fingerprint density at radius 2 is 2.29 bits per heavy atom. The number of carbonyl (C=O) groups excluding carboxylic acids is 1. The molecule has 5 nitrogen and oxygen atoms in total. The minimum Gasteiger partial charge on any atom is -0.481 e. The fourth-order valence-corrected chi connectivity index (χ4v) is 1.99. The predicted octanol–water partition coefficient (Wildman–Crippen LogP) is 1.75. The highest BCUT2D eigenvalue weighted by Gasteiger charge is 2.12. The Labute approximate surface area is 104 Å².